The van der Waals surface area contributed by atoms with E-state index in [1.165, 1.54) is 0 Å². The molecule has 3 heteroatoms. The molecule has 1 aliphatic rings. The fourth-order valence-electron chi connectivity index (χ4n) is 0.275. The highest BCUT2D eigenvalue weighted by atomic mass is 33.1. The van der Waals surface area contributed by atoms with Crippen LogP contribution in [0.4, 0.5) is 0 Å². The molecule has 0 aromatic carbocycles. The average molecular weight is 122 g/mol. The zero-order valence-electron chi connectivity index (χ0n) is 3.26. The largest absolute Gasteiger partial charge is 0.379 e. The Morgan fingerprint density at radius 2 is 2.33 bits per heavy atom. The van der Waals surface area contributed by atoms with E-state index in [-0.39, 0.29) is 0 Å². The van der Waals surface area contributed by atoms with E-state index in [0.717, 1.165) is 13.2 Å². The number of hydrogen-bond donors (Lipinski definition) is 1. The van der Waals surface area contributed by atoms with Gasteiger partial charge in [0.1, 0.15) is 0 Å². The van der Waals surface area contributed by atoms with Crippen molar-refractivity contribution in [2.45, 2.75) is 5.25 Å². The third-order valence-corrected chi connectivity index (χ3v) is 2.22. The quantitative estimate of drug-likeness (QED) is 0.410. The van der Waals surface area contributed by atoms with E-state index in [0.29, 0.717) is 5.25 Å². The van der Waals surface area contributed by atoms with Crippen LogP contribution < -0.4 is 0 Å². The Bertz CT molecular complexity index is 41.3. The van der Waals surface area contributed by atoms with E-state index in [9.17, 15) is 0 Å². The van der Waals surface area contributed by atoms with Gasteiger partial charge in [0.2, 0.25) is 0 Å². The Kier molecular flexibility index (Phi) is 1.68. The van der Waals surface area contributed by atoms with Crippen LogP contribution in [0, 0.1) is 0 Å². The van der Waals surface area contributed by atoms with Crippen molar-refractivity contribution in [3.05, 3.63) is 0 Å². The molecule has 1 aliphatic heterocycles. The molecule has 1 nitrogen and oxygen atoms in total. The van der Waals surface area contributed by atoms with Gasteiger partial charge in [-0.05, 0) is 0 Å². The minimum absolute atomic E-state index is 0.674. The first-order chi connectivity index (χ1) is 2.93. The van der Waals surface area contributed by atoms with E-state index in [4.69, 9.17) is 4.74 Å². The lowest BCUT2D eigenvalue weighted by Crippen LogP contribution is -2.28. The summed E-state index contributed by atoms with van der Waals surface area (Å²) in [5.74, 6) is 0. The third kappa shape index (κ3) is 0.832. The maximum Gasteiger partial charge on any atom is 0.0617 e. The second kappa shape index (κ2) is 2.09. The van der Waals surface area contributed by atoms with Crippen molar-refractivity contribution in [3.63, 3.8) is 0 Å². The summed E-state index contributed by atoms with van der Waals surface area (Å²) < 4.78 is 4.86. The van der Waals surface area contributed by atoms with E-state index < -0.39 is 0 Å². The number of rotatable bonds is 1. The Balaban J connectivity index is 2.01. The molecule has 0 radical (unpaired) electrons. The highest BCUT2D eigenvalue weighted by Gasteiger charge is 2.16. The molecule has 0 N–H and O–H groups in total. The molecule has 1 rings (SSSR count). The van der Waals surface area contributed by atoms with Crippen molar-refractivity contribution in [2.75, 3.05) is 13.2 Å². The van der Waals surface area contributed by atoms with Gasteiger partial charge in [0.05, 0.1) is 18.5 Å². The molecule has 0 spiro atoms. The highest BCUT2D eigenvalue weighted by Crippen LogP contribution is 2.21. The van der Waals surface area contributed by atoms with Crippen molar-refractivity contribution < 1.29 is 4.74 Å². The van der Waals surface area contributed by atoms with E-state index in [1.807, 2.05) is 0 Å². The number of ether oxygens (including phenoxy) is 1. The molecule has 0 atom stereocenters. The van der Waals surface area contributed by atoms with Gasteiger partial charge in [0.15, 0.2) is 0 Å². The van der Waals surface area contributed by atoms with Crippen molar-refractivity contribution in [2.24, 2.45) is 0 Å². The smallest absolute Gasteiger partial charge is 0.0617 e. The van der Waals surface area contributed by atoms with Crippen LogP contribution in [0.5, 0.6) is 0 Å². The van der Waals surface area contributed by atoms with Crippen molar-refractivity contribution in [3.8, 4) is 0 Å². The van der Waals surface area contributed by atoms with Gasteiger partial charge in [-0.1, -0.05) is 10.8 Å². The first-order valence-electron chi connectivity index (χ1n) is 1.81. The van der Waals surface area contributed by atoms with Crippen LogP contribution in [-0.2, 0) is 4.74 Å². The van der Waals surface area contributed by atoms with Crippen molar-refractivity contribution in [1.29, 1.82) is 0 Å². The van der Waals surface area contributed by atoms with Crippen LogP contribution in [0.1, 0.15) is 0 Å². The van der Waals surface area contributed by atoms with Crippen LogP contribution in [-0.4, -0.2) is 18.5 Å². The predicted molar refractivity (Wildman–Crippen MR) is 31.2 cm³/mol. The zero-order chi connectivity index (χ0) is 4.41. The molecule has 0 bridgehead atoms. The third-order valence-electron chi connectivity index (χ3n) is 0.757. The number of thiol groups is 1. The lowest BCUT2D eigenvalue weighted by molar-refractivity contribution is 0.0461. The Labute approximate surface area is 46.3 Å². The molecule has 0 aliphatic carbocycles. The highest BCUT2D eigenvalue weighted by molar-refractivity contribution is 8.68. The van der Waals surface area contributed by atoms with Gasteiger partial charge in [0, 0.05) is 0 Å². The van der Waals surface area contributed by atoms with Crippen LogP contribution >= 0.6 is 22.5 Å². The lowest BCUT2D eigenvalue weighted by Gasteiger charge is -2.22. The molecule has 1 fully saturated rings. The average Bonchev–Trinajstić information content (AvgIpc) is 1.31. The zero-order valence-corrected chi connectivity index (χ0v) is 4.97. The molecule has 36 valence electrons. The normalized spacial score (nSPS) is 23.5. The minimum atomic E-state index is 0.674. The molecule has 1 saturated heterocycles. The summed E-state index contributed by atoms with van der Waals surface area (Å²) in [6.07, 6.45) is 0. The second-order valence-corrected chi connectivity index (χ2v) is 2.77. The van der Waals surface area contributed by atoms with E-state index in [1.54, 1.807) is 10.8 Å². The van der Waals surface area contributed by atoms with Crippen LogP contribution in [0.25, 0.3) is 0 Å². The molecule has 1 heterocycles. The van der Waals surface area contributed by atoms with Gasteiger partial charge < -0.3 is 4.74 Å². The van der Waals surface area contributed by atoms with Gasteiger partial charge in [0.25, 0.3) is 0 Å². The van der Waals surface area contributed by atoms with Crippen LogP contribution in [0.15, 0.2) is 0 Å². The summed E-state index contributed by atoms with van der Waals surface area (Å²) in [5.41, 5.74) is 0. The van der Waals surface area contributed by atoms with Gasteiger partial charge in [-0.25, -0.2) is 0 Å². The minimum Gasteiger partial charge on any atom is -0.379 e. The van der Waals surface area contributed by atoms with Crippen LogP contribution in [0.3, 0.4) is 0 Å². The summed E-state index contributed by atoms with van der Waals surface area (Å²) >= 11 is 3.98. The number of hydrogen-bond acceptors (Lipinski definition) is 3. The fourth-order valence-corrected chi connectivity index (χ4v) is 0.954. The van der Waals surface area contributed by atoms with Gasteiger partial charge >= 0.3 is 0 Å². The maximum absolute atomic E-state index is 4.86. The SMILES string of the molecule is SSC1COC1. The summed E-state index contributed by atoms with van der Waals surface area (Å²) in [6.45, 7) is 1.79. The van der Waals surface area contributed by atoms with Gasteiger partial charge in [-0.3, -0.25) is 0 Å². The molecule has 0 aromatic heterocycles. The molecule has 0 amide bonds. The van der Waals surface area contributed by atoms with Crippen molar-refractivity contribution >= 4 is 22.5 Å². The first kappa shape index (κ1) is 4.81. The van der Waals surface area contributed by atoms with Crippen LogP contribution in [0.2, 0.25) is 0 Å². The summed E-state index contributed by atoms with van der Waals surface area (Å²) in [7, 11) is 1.58. The molecular formula is C3H6OS2. The van der Waals surface area contributed by atoms with E-state index >= 15 is 0 Å². The first-order valence-corrected chi connectivity index (χ1v) is 3.74. The molecule has 0 aromatic rings. The molecule has 6 heavy (non-hydrogen) atoms. The summed E-state index contributed by atoms with van der Waals surface area (Å²) in [6, 6.07) is 0. The monoisotopic (exact) mass is 122 g/mol. The summed E-state index contributed by atoms with van der Waals surface area (Å²) in [5, 5.41) is 0.674. The second-order valence-electron chi connectivity index (χ2n) is 1.26. The van der Waals surface area contributed by atoms with Crippen molar-refractivity contribution in [1.82, 2.24) is 0 Å². The molecule has 0 saturated carbocycles. The molecule has 0 unspecified atom stereocenters. The van der Waals surface area contributed by atoms with Gasteiger partial charge in [-0.15, -0.1) is 11.7 Å². The fraction of sp³-hybridized carbons (Fsp3) is 1.00. The predicted octanol–water partition coefficient (Wildman–Crippen LogP) is 0.963. The topological polar surface area (TPSA) is 9.23 Å². The standard InChI is InChI=1S/C3H6OS2/c5-6-3-1-4-2-3/h3,5H,1-2H2. The Morgan fingerprint density at radius 3 is 2.33 bits per heavy atom. The van der Waals surface area contributed by atoms with Gasteiger partial charge in [-0.2, -0.15) is 0 Å². The Morgan fingerprint density at radius 1 is 1.67 bits per heavy atom. The Hall–Kier alpha value is 0.660. The molecular weight excluding hydrogens is 116 g/mol. The summed E-state index contributed by atoms with van der Waals surface area (Å²) in [4.78, 5) is 0. The maximum atomic E-state index is 4.86. The van der Waals surface area contributed by atoms with E-state index in [2.05, 4.69) is 11.7 Å². The lowest BCUT2D eigenvalue weighted by atomic mass is 10.4.